The SMILES string of the molecule is CC(=O)O[C@H]1Sc2ccccc2C(=O)N2CCC[C@@H]12. The van der Waals surface area contributed by atoms with Crippen molar-refractivity contribution in [3.63, 3.8) is 0 Å². The van der Waals surface area contributed by atoms with Gasteiger partial charge in [-0.1, -0.05) is 23.9 Å². The van der Waals surface area contributed by atoms with Crippen LogP contribution in [0.15, 0.2) is 29.2 Å². The quantitative estimate of drug-likeness (QED) is 0.739. The van der Waals surface area contributed by atoms with Crippen molar-refractivity contribution in [2.24, 2.45) is 0 Å². The fourth-order valence-electron chi connectivity index (χ4n) is 2.70. The topological polar surface area (TPSA) is 46.6 Å². The van der Waals surface area contributed by atoms with Crippen LogP contribution >= 0.6 is 11.8 Å². The number of amides is 1. The number of carbonyl (C=O) groups excluding carboxylic acids is 2. The Balaban J connectivity index is 2.01. The monoisotopic (exact) mass is 277 g/mol. The van der Waals surface area contributed by atoms with E-state index in [1.165, 1.54) is 18.7 Å². The molecule has 1 fully saturated rings. The number of benzene rings is 1. The van der Waals surface area contributed by atoms with E-state index in [4.69, 9.17) is 4.74 Å². The lowest BCUT2D eigenvalue weighted by Gasteiger charge is -2.27. The number of ether oxygens (including phenoxy) is 1. The van der Waals surface area contributed by atoms with E-state index < -0.39 is 0 Å². The second-order valence-corrected chi connectivity index (χ2v) is 5.94. The summed E-state index contributed by atoms with van der Waals surface area (Å²) < 4.78 is 5.42. The van der Waals surface area contributed by atoms with Gasteiger partial charge in [-0.25, -0.2) is 0 Å². The summed E-state index contributed by atoms with van der Waals surface area (Å²) in [4.78, 5) is 26.5. The molecule has 0 radical (unpaired) electrons. The van der Waals surface area contributed by atoms with Crippen LogP contribution in [-0.4, -0.2) is 34.8 Å². The molecule has 0 aromatic heterocycles. The number of hydrogen-bond donors (Lipinski definition) is 0. The number of hydrogen-bond acceptors (Lipinski definition) is 4. The highest BCUT2D eigenvalue weighted by atomic mass is 32.2. The number of carbonyl (C=O) groups is 2. The van der Waals surface area contributed by atoms with Crippen LogP contribution in [0.2, 0.25) is 0 Å². The molecule has 5 heteroatoms. The first-order chi connectivity index (χ1) is 9.16. The minimum absolute atomic E-state index is 0.00574. The minimum atomic E-state index is -0.299. The molecule has 0 N–H and O–H groups in total. The van der Waals surface area contributed by atoms with Crippen molar-refractivity contribution >= 4 is 23.6 Å². The first kappa shape index (κ1) is 12.5. The van der Waals surface area contributed by atoms with Crippen LogP contribution < -0.4 is 0 Å². The fourth-order valence-corrected chi connectivity index (χ4v) is 4.01. The summed E-state index contributed by atoms with van der Waals surface area (Å²) in [7, 11) is 0. The van der Waals surface area contributed by atoms with Crippen LogP contribution in [0.1, 0.15) is 30.1 Å². The third-order valence-electron chi connectivity index (χ3n) is 3.52. The molecule has 2 heterocycles. The maximum Gasteiger partial charge on any atom is 0.303 e. The predicted molar refractivity (Wildman–Crippen MR) is 71.9 cm³/mol. The largest absolute Gasteiger partial charge is 0.449 e. The normalized spacial score (nSPS) is 25.5. The van der Waals surface area contributed by atoms with E-state index in [1.54, 1.807) is 0 Å². The molecule has 19 heavy (non-hydrogen) atoms. The third-order valence-corrected chi connectivity index (χ3v) is 4.77. The van der Waals surface area contributed by atoms with E-state index >= 15 is 0 Å². The lowest BCUT2D eigenvalue weighted by atomic mass is 10.2. The highest BCUT2D eigenvalue weighted by Gasteiger charge is 2.41. The average molecular weight is 277 g/mol. The number of nitrogens with zero attached hydrogens (tertiary/aromatic N) is 1. The second-order valence-electron chi connectivity index (χ2n) is 4.80. The Morgan fingerprint density at radius 2 is 2.21 bits per heavy atom. The molecule has 2 aliphatic heterocycles. The van der Waals surface area contributed by atoms with Crippen molar-refractivity contribution in [3.8, 4) is 0 Å². The summed E-state index contributed by atoms with van der Waals surface area (Å²) in [5.74, 6) is -0.239. The molecular weight excluding hydrogens is 262 g/mol. The zero-order chi connectivity index (χ0) is 13.4. The highest BCUT2D eigenvalue weighted by Crippen LogP contribution is 2.39. The van der Waals surface area contributed by atoms with Gasteiger partial charge in [0.15, 0.2) is 5.44 Å². The molecule has 100 valence electrons. The summed E-state index contributed by atoms with van der Waals surface area (Å²) in [6, 6.07) is 7.52. The van der Waals surface area contributed by atoms with Gasteiger partial charge in [-0.15, -0.1) is 0 Å². The molecule has 1 aromatic carbocycles. The predicted octanol–water partition coefficient (Wildman–Crippen LogP) is 2.29. The molecule has 1 aromatic rings. The molecule has 0 aliphatic carbocycles. The standard InChI is InChI=1S/C14H15NO3S/c1-9(16)18-14-11-6-4-8-15(11)13(17)10-5-2-3-7-12(10)19-14/h2-3,5,7,11,14H,4,6,8H2,1H3/t11-,14-/m0/s1. The Hall–Kier alpha value is -1.49. The zero-order valence-electron chi connectivity index (χ0n) is 10.7. The van der Waals surface area contributed by atoms with Crippen molar-refractivity contribution in [3.05, 3.63) is 29.8 Å². The van der Waals surface area contributed by atoms with Crippen molar-refractivity contribution < 1.29 is 14.3 Å². The van der Waals surface area contributed by atoms with E-state index in [0.29, 0.717) is 5.56 Å². The molecule has 1 amide bonds. The average Bonchev–Trinajstić information content (AvgIpc) is 2.83. The Morgan fingerprint density at radius 3 is 3.00 bits per heavy atom. The Bertz CT molecular complexity index is 531. The Kier molecular flexibility index (Phi) is 3.22. The van der Waals surface area contributed by atoms with E-state index in [-0.39, 0.29) is 23.4 Å². The highest BCUT2D eigenvalue weighted by molar-refractivity contribution is 8.00. The smallest absolute Gasteiger partial charge is 0.303 e. The minimum Gasteiger partial charge on any atom is -0.449 e. The van der Waals surface area contributed by atoms with Crippen LogP contribution in [0.5, 0.6) is 0 Å². The van der Waals surface area contributed by atoms with Crippen molar-refractivity contribution in [1.82, 2.24) is 4.90 Å². The van der Waals surface area contributed by atoms with E-state index in [0.717, 1.165) is 24.3 Å². The van der Waals surface area contributed by atoms with Gasteiger partial charge in [-0.05, 0) is 25.0 Å². The molecule has 0 bridgehead atoms. The summed E-state index contributed by atoms with van der Waals surface area (Å²) >= 11 is 1.48. The van der Waals surface area contributed by atoms with Gasteiger partial charge in [0.25, 0.3) is 5.91 Å². The first-order valence-electron chi connectivity index (χ1n) is 6.40. The molecule has 0 saturated carbocycles. The molecule has 1 saturated heterocycles. The summed E-state index contributed by atoms with van der Waals surface area (Å²) in [5, 5.41) is 0. The van der Waals surface area contributed by atoms with Gasteiger partial charge in [0.2, 0.25) is 0 Å². The van der Waals surface area contributed by atoms with E-state index in [1.807, 2.05) is 29.2 Å². The van der Waals surface area contributed by atoms with E-state index in [2.05, 4.69) is 0 Å². The fraction of sp³-hybridized carbons (Fsp3) is 0.429. The van der Waals surface area contributed by atoms with Crippen LogP contribution in [0.25, 0.3) is 0 Å². The van der Waals surface area contributed by atoms with Crippen molar-refractivity contribution in [2.45, 2.75) is 36.1 Å². The van der Waals surface area contributed by atoms with Gasteiger partial charge in [0.1, 0.15) is 0 Å². The number of thioether (sulfide) groups is 1. The van der Waals surface area contributed by atoms with Gasteiger partial charge in [-0.2, -0.15) is 0 Å². The second kappa shape index (κ2) is 4.89. The number of fused-ring (bicyclic) bond motifs is 2. The maximum atomic E-state index is 12.5. The molecule has 0 spiro atoms. The Morgan fingerprint density at radius 1 is 1.42 bits per heavy atom. The zero-order valence-corrected chi connectivity index (χ0v) is 11.5. The van der Waals surface area contributed by atoms with Gasteiger partial charge in [0.05, 0.1) is 11.6 Å². The number of rotatable bonds is 1. The van der Waals surface area contributed by atoms with Gasteiger partial charge in [-0.3, -0.25) is 9.59 Å². The maximum absolute atomic E-state index is 12.5. The number of esters is 1. The van der Waals surface area contributed by atoms with Crippen LogP contribution in [0, 0.1) is 0 Å². The third kappa shape index (κ3) is 2.23. The summed E-state index contributed by atoms with van der Waals surface area (Å²) in [6.07, 6.45) is 1.86. The summed E-state index contributed by atoms with van der Waals surface area (Å²) in [5.41, 5.74) is 0.418. The van der Waals surface area contributed by atoms with Crippen molar-refractivity contribution in [2.75, 3.05) is 6.54 Å². The summed E-state index contributed by atoms with van der Waals surface area (Å²) in [6.45, 7) is 2.16. The lowest BCUT2D eigenvalue weighted by molar-refractivity contribution is -0.144. The molecule has 3 rings (SSSR count). The first-order valence-corrected chi connectivity index (χ1v) is 7.28. The molecular formula is C14H15NO3S. The molecule has 2 atom stereocenters. The van der Waals surface area contributed by atoms with Gasteiger partial charge in [0, 0.05) is 18.4 Å². The molecule has 0 unspecified atom stereocenters. The van der Waals surface area contributed by atoms with Crippen molar-refractivity contribution in [1.29, 1.82) is 0 Å². The lowest BCUT2D eigenvalue weighted by Crippen LogP contribution is -2.41. The van der Waals surface area contributed by atoms with Gasteiger partial charge >= 0.3 is 5.97 Å². The van der Waals surface area contributed by atoms with Gasteiger partial charge < -0.3 is 9.64 Å². The van der Waals surface area contributed by atoms with Crippen LogP contribution in [0.4, 0.5) is 0 Å². The Labute approximate surface area is 116 Å². The molecule has 4 nitrogen and oxygen atoms in total. The molecule has 2 aliphatic rings. The van der Waals surface area contributed by atoms with E-state index in [9.17, 15) is 9.59 Å². The van der Waals surface area contributed by atoms with Crippen LogP contribution in [0.3, 0.4) is 0 Å². The van der Waals surface area contributed by atoms with Crippen LogP contribution in [-0.2, 0) is 9.53 Å².